The number of hydrogen-bond donors (Lipinski definition) is 6. The summed E-state index contributed by atoms with van der Waals surface area (Å²) in [6, 6.07) is 25.4. The summed E-state index contributed by atoms with van der Waals surface area (Å²) in [5.74, 6) is -3.14. The van der Waals surface area contributed by atoms with Gasteiger partial charge in [0.1, 0.15) is 30.8 Å². The van der Waals surface area contributed by atoms with E-state index in [0.717, 1.165) is 0 Å². The van der Waals surface area contributed by atoms with Crippen molar-refractivity contribution in [1.82, 2.24) is 40.4 Å². The van der Waals surface area contributed by atoms with Crippen LogP contribution >= 0.6 is 0 Å². The highest BCUT2D eigenvalue weighted by Crippen LogP contribution is 2.25. The predicted molar refractivity (Wildman–Crippen MR) is 299 cm³/mol. The first-order chi connectivity index (χ1) is 38.8. The first-order valence-corrected chi connectivity index (χ1v) is 25.9. The quantitative estimate of drug-likeness (QED) is 0.0236. The molecule has 2 heterocycles. The Hall–Kier alpha value is -9.68. The van der Waals surface area contributed by atoms with Gasteiger partial charge in [0.2, 0.25) is 29.6 Å². The van der Waals surface area contributed by atoms with Gasteiger partial charge in [-0.1, -0.05) is 88.4 Å². The van der Waals surface area contributed by atoms with E-state index >= 15 is 0 Å². The molecule has 436 valence electrons. The third-order valence-corrected chi connectivity index (χ3v) is 11.5. The van der Waals surface area contributed by atoms with Crippen molar-refractivity contribution in [3.8, 4) is 0 Å². The molecule has 0 saturated carbocycles. The lowest BCUT2D eigenvalue weighted by Crippen LogP contribution is -2.49. The normalized spacial score (nSPS) is 11.7. The third-order valence-electron chi connectivity index (χ3n) is 11.5. The van der Waals surface area contributed by atoms with Crippen LogP contribution < -0.4 is 31.9 Å². The fourth-order valence-corrected chi connectivity index (χ4v) is 7.83. The van der Waals surface area contributed by atoms with Gasteiger partial charge in [-0.25, -0.2) is 24.4 Å². The lowest BCUT2D eigenvalue weighted by molar-refractivity contribution is -0.148. The molecule has 0 radical (unpaired) electrons. The number of aromatic nitrogens is 4. The number of nitrogens with one attached hydrogen (secondary N) is 6. The van der Waals surface area contributed by atoms with Crippen LogP contribution in [-0.2, 0) is 61.1 Å². The Kier molecular flexibility index (Phi) is 22.7. The van der Waals surface area contributed by atoms with Gasteiger partial charge in [-0.15, -0.1) is 0 Å². The molecule has 25 nitrogen and oxygen atoms in total. The van der Waals surface area contributed by atoms with Crippen LogP contribution in [0.1, 0.15) is 100 Å². The van der Waals surface area contributed by atoms with E-state index in [2.05, 4.69) is 51.3 Å². The summed E-state index contributed by atoms with van der Waals surface area (Å²) in [6.07, 6.45) is -1.62. The fourth-order valence-electron chi connectivity index (χ4n) is 7.83. The van der Waals surface area contributed by atoms with Crippen LogP contribution in [0.5, 0.6) is 0 Å². The van der Waals surface area contributed by atoms with E-state index in [1.54, 1.807) is 106 Å². The largest absolute Gasteiger partial charge is 0.453 e. The number of amides is 6. The zero-order chi connectivity index (χ0) is 60.3. The number of carbonyl (C=O) groups excluding carboxylic acids is 10. The number of ether oxygens (including phenoxy) is 5. The number of rotatable bonds is 22. The molecular weight excluding hydrogens is 1060 g/mol. The van der Waals surface area contributed by atoms with E-state index in [0.29, 0.717) is 57.2 Å². The monoisotopic (exact) mass is 1130 g/mol. The van der Waals surface area contributed by atoms with Crippen molar-refractivity contribution in [1.29, 1.82) is 0 Å². The molecule has 0 aliphatic carbocycles. The van der Waals surface area contributed by atoms with E-state index in [9.17, 15) is 47.9 Å². The first kappa shape index (κ1) is 63.2. The van der Waals surface area contributed by atoms with Crippen LogP contribution in [0.3, 0.4) is 0 Å². The Bertz CT molecular complexity index is 3280. The van der Waals surface area contributed by atoms with Crippen molar-refractivity contribution in [3.05, 3.63) is 119 Å². The molecule has 2 aromatic heterocycles. The summed E-state index contributed by atoms with van der Waals surface area (Å²) >= 11 is 0. The second-order valence-electron chi connectivity index (χ2n) is 20.2. The van der Waals surface area contributed by atoms with E-state index in [4.69, 9.17) is 14.2 Å². The van der Waals surface area contributed by atoms with Crippen LogP contribution in [0, 0.1) is 11.8 Å². The number of methoxy groups -OCH3 is 2. The lowest BCUT2D eigenvalue weighted by atomic mass is 10.0. The van der Waals surface area contributed by atoms with Crippen molar-refractivity contribution in [2.45, 2.75) is 99.4 Å². The number of nitrogens with zero attached hydrogens (tertiary/aromatic N) is 4. The first-order valence-electron chi connectivity index (χ1n) is 25.9. The maximum absolute atomic E-state index is 12.9. The highest BCUT2D eigenvalue weighted by Gasteiger charge is 2.27. The Balaban J connectivity index is 0.000000302. The summed E-state index contributed by atoms with van der Waals surface area (Å²) in [6.45, 7) is 12.4. The van der Waals surface area contributed by atoms with Crippen LogP contribution in [0.15, 0.2) is 97.1 Å². The maximum atomic E-state index is 12.9. The molecule has 0 saturated heterocycles. The molecule has 0 spiro atoms. The van der Waals surface area contributed by atoms with Gasteiger partial charge >= 0.3 is 30.2 Å². The minimum Gasteiger partial charge on any atom is -0.453 e. The lowest BCUT2D eigenvalue weighted by Gasteiger charge is -2.24. The molecule has 6 aromatic rings. The summed E-state index contributed by atoms with van der Waals surface area (Å²) in [5, 5.41) is 15.0. The van der Waals surface area contributed by atoms with Gasteiger partial charge in [-0.3, -0.25) is 53.3 Å². The Morgan fingerprint density at radius 3 is 1.27 bits per heavy atom. The molecule has 0 aliphatic heterocycles. The Labute approximate surface area is 472 Å². The van der Waals surface area contributed by atoms with Crippen LogP contribution in [0.25, 0.3) is 22.1 Å². The molecule has 6 amide bonds. The topological polar surface area (TPSA) is 325 Å². The number of imidazole rings is 2. The van der Waals surface area contributed by atoms with E-state index in [1.807, 2.05) is 39.8 Å². The van der Waals surface area contributed by atoms with Gasteiger partial charge < -0.3 is 45.0 Å². The number of carbonyl (C=O) groups is 10. The van der Waals surface area contributed by atoms with Gasteiger partial charge in [0, 0.05) is 29.2 Å². The highest BCUT2D eigenvalue weighted by molar-refractivity contribution is 6.11. The van der Waals surface area contributed by atoms with Gasteiger partial charge in [-0.05, 0) is 81.8 Å². The van der Waals surface area contributed by atoms with Crippen LogP contribution in [0.2, 0.25) is 0 Å². The summed E-state index contributed by atoms with van der Waals surface area (Å²) in [7, 11) is 2.38. The summed E-state index contributed by atoms with van der Waals surface area (Å²) < 4.78 is 28.1. The molecule has 25 heteroatoms. The number of alkyl carbamates (subject to hydrolysis) is 1. The van der Waals surface area contributed by atoms with Gasteiger partial charge in [0.15, 0.2) is 25.0 Å². The van der Waals surface area contributed by atoms with E-state index in [-0.39, 0.29) is 54.7 Å². The zero-order valence-corrected chi connectivity index (χ0v) is 47.2. The molecule has 0 bridgehead atoms. The third kappa shape index (κ3) is 19.0. The number of benzene rings is 4. The van der Waals surface area contributed by atoms with Crippen LogP contribution in [-0.4, -0.2) is 124 Å². The number of fused-ring (bicyclic) bond motifs is 2. The summed E-state index contributed by atoms with van der Waals surface area (Å²) in [4.78, 5) is 132. The SMILES string of the molecule is COC(=O)Nc1nc2cc(C(=O)c3ccccc3)ccc2n1COC(=O)CNC(=O)[C@H](CC(C)C)NC(=O)OC(C)(C)C.COC(=O)Nc1nc2cc(C(=O)c3ccccc3)ccc2n1COC(=O)CNC(=O)[C@H](CC(C)C)NC(C)=O. The van der Waals surface area contributed by atoms with Gasteiger partial charge in [0.05, 0.1) is 36.3 Å². The Morgan fingerprint density at radius 1 is 0.524 bits per heavy atom. The number of hydrogen-bond acceptors (Lipinski definition) is 17. The highest BCUT2D eigenvalue weighted by atomic mass is 16.6. The molecule has 2 atom stereocenters. The molecule has 0 fully saturated rings. The Morgan fingerprint density at radius 2 is 0.915 bits per heavy atom. The predicted octanol–water partition coefficient (Wildman–Crippen LogP) is 6.62. The number of esters is 2. The van der Waals surface area contributed by atoms with Gasteiger partial charge in [-0.2, -0.15) is 0 Å². The molecule has 82 heavy (non-hydrogen) atoms. The fraction of sp³-hybridized carbons (Fsp3) is 0.368. The van der Waals surface area contributed by atoms with Crippen molar-refractivity contribution in [3.63, 3.8) is 0 Å². The van der Waals surface area contributed by atoms with Crippen molar-refractivity contribution >= 4 is 93.5 Å². The van der Waals surface area contributed by atoms with E-state index in [1.165, 1.54) is 30.3 Å². The minimum atomic E-state index is -0.927. The molecule has 6 rings (SSSR count). The zero-order valence-electron chi connectivity index (χ0n) is 47.2. The standard InChI is InChI=1S/C30H37N5O8.C27H31N5O7/c1-18(2)14-22(33-29(40)43-30(3,4)5)26(38)31-16-24(36)42-17-35-23-13-12-20(25(37)19-10-8-7-9-11-19)15-21(23)32-27(35)34-28(39)41-6;1-16(2)12-21(29-17(3)33)25(36)28-14-23(34)39-15-32-22-11-10-19(24(35)18-8-6-5-7-9-18)13-20(22)30-26(32)31-27(37)38-4/h7-13,15,18,22H,14,16-17H2,1-6H3,(H,31,38)(H,33,40)(H,32,34,39);5-11,13,16,21H,12,14-15H2,1-4H3,(H,28,36)(H,29,33)(H,30,31,37)/t22-;21-/m00/s1. The van der Waals surface area contributed by atoms with Crippen molar-refractivity contribution < 1.29 is 71.6 Å². The smallest absolute Gasteiger partial charge is 0.413 e. The average molecular weight is 1130 g/mol. The molecule has 0 aliphatic rings. The second kappa shape index (κ2) is 29.5. The number of anilines is 2. The molecular formula is C57H68N10O15. The molecule has 0 unspecified atom stereocenters. The molecule has 6 N–H and O–H groups in total. The van der Waals surface area contributed by atoms with E-state index < -0.39 is 72.8 Å². The average Bonchev–Trinajstić information content (AvgIpc) is 4.04. The molecule has 4 aromatic carbocycles. The van der Waals surface area contributed by atoms with Gasteiger partial charge in [0.25, 0.3) is 0 Å². The maximum Gasteiger partial charge on any atom is 0.413 e. The van der Waals surface area contributed by atoms with Crippen molar-refractivity contribution in [2.75, 3.05) is 37.9 Å². The summed E-state index contributed by atoms with van der Waals surface area (Å²) in [5.41, 5.74) is 2.71. The number of ketones is 2. The van der Waals surface area contributed by atoms with Crippen molar-refractivity contribution in [2.24, 2.45) is 11.8 Å². The second-order valence-corrected chi connectivity index (χ2v) is 20.2. The minimum absolute atomic E-state index is 0.0153. The van der Waals surface area contributed by atoms with Crippen LogP contribution in [0.4, 0.5) is 26.3 Å².